The Morgan fingerprint density at radius 2 is 2.00 bits per heavy atom. The van der Waals surface area contributed by atoms with Gasteiger partial charge in [-0.3, -0.25) is 14.9 Å². The van der Waals surface area contributed by atoms with E-state index >= 15 is 0 Å². The quantitative estimate of drug-likeness (QED) is 0.174. The minimum absolute atomic E-state index is 0.0765. The van der Waals surface area contributed by atoms with Gasteiger partial charge in [0, 0.05) is 22.0 Å². The number of halogens is 1. The van der Waals surface area contributed by atoms with Crippen molar-refractivity contribution in [1.29, 1.82) is 0 Å². The van der Waals surface area contributed by atoms with E-state index in [2.05, 4.69) is 25.8 Å². The molecular formula is C25H25BrN4O6. The molecule has 1 saturated carbocycles. The summed E-state index contributed by atoms with van der Waals surface area (Å²) < 4.78 is 12.1. The molecule has 0 radical (unpaired) electrons. The summed E-state index contributed by atoms with van der Waals surface area (Å²) >= 11 is 3.40. The topological polar surface area (TPSA) is 126 Å². The number of esters is 1. The number of rotatable bonds is 7. The molecule has 1 aliphatic rings. The first kappa shape index (κ1) is 25.5. The van der Waals surface area contributed by atoms with Crippen LogP contribution >= 0.6 is 15.9 Å². The van der Waals surface area contributed by atoms with E-state index in [1.807, 2.05) is 6.07 Å². The number of ether oxygens (including phenoxy) is 2. The molecule has 2 aromatic carbocycles. The smallest absolute Gasteiger partial charge is 0.346 e. The van der Waals surface area contributed by atoms with Crippen molar-refractivity contribution in [3.05, 3.63) is 72.7 Å². The number of carbonyl (C=O) groups excluding carboxylic acids is 1. The monoisotopic (exact) mass is 556 g/mol. The minimum atomic E-state index is -1.02. The normalized spacial score (nSPS) is 15.2. The van der Waals surface area contributed by atoms with Crippen LogP contribution in [0.2, 0.25) is 0 Å². The average molecular weight is 557 g/mol. The lowest BCUT2D eigenvalue weighted by Gasteiger charge is -2.22. The summed E-state index contributed by atoms with van der Waals surface area (Å²) in [6.45, 7) is 1.44. The third-order valence-electron chi connectivity index (χ3n) is 6.14. The van der Waals surface area contributed by atoms with Crippen LogP contribution in [0.4, 0.5) is 5.69 Å². The minimum Gasteiger partial charge on any atom is -0.472 e. The fourth-order valence-electron chi connectivity index (χ4n) is 4.29. The van der Waals surface area contributed by atoms with Crippen molar-refractivity contribution in [2.75, 3.05) is 7.11 Å². The van der Waals surface area contributed by atoms with Crippen LogP contribution in [0, 0.1) is 10.1 Å². The fraction of sp³-hybridized carbons (Fsp3) is 0.360. The number of nitro groups is 1. The Hall–Kier alpha value is -3.60. The molecule has 0 N–H and O–H groups in total. The molecule has 4 rings (SSSR count). The summed E-state index contributed by atoms with van der Waals surface area (Å²) in [6, 6.07) is 9.58. The van der Waals surface area contributed by atoms with E-state index in [-0.39, 0.29) is 22.9 Å². The van der Waals surface area contributed by atoms with Gasteiger partial charge in [-0.1, -0.05) is 35.2 Å². The van der Waals surface area contributed by atoms with Gasteiger partial charge in [0.1, 0.15) is 5.82 Å². The van der Waals surface area contributed by atoms with Gasteiger partial charge in [0.2, 0.25) is 0 Å². The van der Waals surface area contributed by atoms with Gasteiger partial charge in [-0.15, -0.1) is 0 Å². The Kier molecular flexibility index (Phi) is 7.78. The second-order valence-electron chi connectivity index (χ2n) is 8.60. The molecule has 0 amide bonds. The molecule has 1 aromatic heterocycles. The molecule has 0 saturated heterocycles. The Balaban J connectivity index is 1.75. The molecular weight excluding hydrogens is 532 g/mol. The second kappa shape index (κ2) is 11.0. The summed E-state index contributed by atoms with van der Waals surface area (Å²) in [5.74, 6) is -0.0407. The van der Waals surface area contributed by atoms with Gasteiger partial charge < -0.3 is 9.47 Å². The Morgan fingerprint density at radius 3 is 2.69 bits per heavy atom. The van der Waals surface area contributed by atoms with E-state index in [0.717, 1.165) is 36.6 Å². The number of hydrogen-bond acceptors (Lipinski definition) is 8. The number of hydrogen-bond donors (Lipinski definition) is 0. The lowest BCUT2D eigenvalue weighted by atomic mass is 9.88. The van der Waals surface area contributed by atoms with Gasteiger partial charge >= 0.3 is 11.7 Å². The Labute approximate surface area is 215 Å². The largest absolute Gasteiger partial charge is 0.472 e. The number of carbonyl (C=O) groups is 1. The van der Waals surface area contributed by atoms with Crippen LogP contribution in [-0.4, -0.2) is 40.0 Å². The van der Waals surface area contributed by atoms with Crippen molar-refractivity contribution in [3.8, 4) is 5.75 Å². The molecule has 0 aliphatic heterocycles. The van der Waals surface area contributed by atoms with E-state index < -0.39 is 17.0 Å². The maximum absolute atomic E-state index is 13.4. The number of nitro benzene ring substituents is 1. The fourth-order valence-corrected chi connectivity index (χ4v) is 4.65. The first-order valence-electron chi connectivity index (χ1n) is 11.6. The van der Waals surface area contributed by atoms with Gasteiger partial charge in [0.15, 0.2) is 11.9 Å². The van der Waals surface area contributed by atoms with Gasteiger partial charge in [-0.05, 0) is 50.1 Å². The van der Waals surface area contributed by atoms with Crippen LogP contribution in [0.3, 0.4) is 0 Å². The highest BCUT2D eigenvalue weighted by atomic mass is 79.9. The highest BCUT2D eigenvalue weighted by molar-refractivity contribution is 9.10. The van der Waals surface area contributed by atoms with Gasteiger partial charge in [-0.2, -0.15) is 9.78 Å². The maximum atomic E-state index is 13.4. The molecule has 1 heterocycles. The predicted molar refractivity (Wildman–Crippen MR) is 138 cm³/mol. The lowest BCUT2D eigenvalue weighted by molar-refractivity contribution is -0.386. The molecule has 188 valence electrons. The molecule has 3 aromatic rings. The lowest BCUT2D eigenvalue weighted by Crippen LogP contribution is -2.25. The zero-order valence-electron chi connectivity index (χ0n) is 19.8. The van der Waals surface area contributed by atoms with Crippen LogP contribution in [-0.2, 0) is 9.53 Å². The van der Waals surface area contributed by atoms with E-state index in [1.54, 1.807) is 18.2 Å². The molecule has 1 aliphatic carbocycles. The van der Waals surface area contributed by atoms with E-state index in [9.17, 15) is 19.7 Å². The summed E-state index contributed by atoms with van der Waals surface area (Å²) in [6.07, 6.45) is 5.46. The van der Waals surface area contributed by atoms with Crippen LogP contribution in [0.5, 0.6) is 5.75 Å². The SMILES string of the molecule is COC(=O)[C@H](C)Oc1ccc(C=Nn2c(C3CCCCC3)nc3ccc(Br)cc3c2=O)cc1[N+](=O)[O-]. The predicted octanol–water partition coefficient (Wildman–Crippen LogP) is 4.94. The average Bonchev–Trinajstić information content (AvgIpc) is 2.88. The highest BCUT2D eigenvalue weighted by Crippen LogP contribution is 2.32. The van der Waals surface area contributed by atoms with Crippen molar-refractivity contribution in [1.82, 2.24) is 9.66 Å². The van der Waals surface area contributed by atoms with E-state index in [0.29, 0.717) is 22.3 Å². The van der Waals surface area contributed by atoms with Crippen LogP contribution in [0.1, 0.15) is 56.3 Å². The summed E-state index contributed by atoms with van der Waals surface area (Å²) in [4.78, 5) is 40.9. The maximum Gasteiger partial charge on any atom is 0.346 e. The second-order valence-corrected chi connectivity index (χ2v) is 9.51. The number of methoxy groups -OCH3 is 1. The molecule has 0 unspecified atom stereocenters. The summed E-state index contributed by atoms with van der Waals surface area (Å²) in [5.41, 5.74) is 0.345. The van der Waals surface area contributed by atoms with Crippen molar-refractivity contribution in [2.24, 2.45) is 5.10 Å². The first-order valence-corrected chi connectivity index (χ1v) is 12.4. The van der Waals surface area contributed by atoms with Crippen molar-refractivity contribution < 1.29 is 19.2 Å². The van der Waals surface area contributed by atoms with Crippen LogP contribution in [0.15, 0.2) is 50.8 Å². The first-order chi connectivity index (χ1) is 17.3. The highest BCUT2D eigenvalue weighted by Gasteiger charge is 2.24. The molecule has 1 fully saturated rings. The standard InChI is InChI=1S/C25H25BrN4O6/c1-15(25(32)35-2)36-22-11-8-16(12-21(22)30(33)34)14-27-29-23(17-6-4-3-5-7-17)28-20-10-9-18(26)13-19(20)24(29)31/h8-15,17H,3-7H2,1-2H3/t15-/m0/s1. The Bertz CT molecular complexity index is 1400. The molecule has 10 nitrogen and oxygen atoms in total. The zero-order valence-corrected chi connectivity index (χ0v) is 21.4. The number of aromatic nitrogens is 2. The number of fused-ring (bicyclic) bond motifs is 1. The third kappa shape index (κ3) is 5.46. The summed E-state index contributed by atoms with van der Waals surface area (Å²) in [5, 5.41) is 16.5. The summed E-state index contributed by atoms with van der Waals surface area (Å²) in [7, 11) is 1.21. The van der Waals surface area contributed by atoms with Crippen molar-refractivity contribution >= 4 is 44.7 Å². The number of nitrogens with zero attached hydrogens (tertiary/aromatic N) is 4. The van der Waals surface area contributed by atoms with Gasteiger partial charge in [0.25, 0.3) is 5.56 Å². The Morgan fingerprint density at radius 1 is 1.25 bits per heavy atom. The van der Waals surface area contributed by atoms with E-state index in [4.69, 9.17) is 9.72 Å². The molecule has 0 spiro atoms. The zero-order chi connectivity index (χ0) is 25.8. The third-order valence-corrected chi connectivity index (χ3v) is 6.64. The van der Waals surface area contributed by atoms with E-state index in [1.165, 1.54) is 37.1 Å². The molecule has 36 heavy (non-hydrogen) atoms. The van der Waals surface area contributed by atoms with Gasteiger partial charge in [-0.25, -0.2) is 9.78 Å². The number of benzene rings is 2. The van der Waals surface area contributed by atoms with Gasteiger partial charge in [0.05, 0.1) is 29.2 Å². The van der Waals surface area contributed by atoms with Crippen LogP contribution in [0.25, 0.3) is 10.9 Å². The van der Waals surface area contributed by atoms with Crippen molar-refractivity contribution in [2.45, 2.75) is 51.0 Å². The molecule has 1 atom stereocenters. The van der Waals surface area contributed by atoms with Crippen molar-refractivity contribution in [3.63, 3.8) is 0 Å². The van der Waals surface area contributed by atoms with Crippen LogP contribution < -0.4 is 10.3 Å². The molecule has 0 bridgehead atoms. The molecule has 11 heteroatoms.